The number of alkyl halides is 2. The molecule has 0 fully saturated rings. The van der Waals surface area contributed by atoms with Gasteiger partial charge in [-0.1, -0.05) is 12.1 Å². The Morgan fingerprint density at radius 2 is 1.85 bits per heavy atom. The van der Waals surface area contributed by atoms with Gasteiger partial charge in [-0.25, -0.2) is 4.79 Å². The molecule has 0 saturated heterocycles. The summed E-state index contributed by atoms with van der Waals surface area (Å²) < 4.78 is 32.7. The number of benzene rings is 1. The zero-order valence-corrected chi connectivity index (χ0v) is 10.6. The lowest BCUT2D eigenvalue weighted by atomic mass is 10.2. The van der Waals surface area contributed by atoms with Crippen LogP contribution in [0.15, 0.2) is 30.3 Å². The number of esters is 1. The lowest BCUT2D eigenvalue weighted by Crippen LogP contribution is -2.29. The van der Waals surface area contributed by atoms with E-state index in [1.54, 1.807) is 0 Å². The second kappa shape index (κ2) is 7.22. The van der Waals surface area contributed by atoms with E-state index in [0.717, 1.165) is 6.08 Å². The number of amides is 1. The summed E-state index contributed by atoms with van der Waals surface area (Å²) in [4.78, 5) is 22.0. The average molecular weight is 285 g/mol. The van der Waals surface area contributed by atoms with Gasteiger partial charge < -0.3 is 15.2 Å². The highest BCUT2D eigenvalue weighted by Gasteiger charge is 2.12. The van der Waals surface area contributed by atoms with Crippen LogP contribution in [0.5, 0.6) is 5.75 Å². The van der Waals surface area contributed by atoms with Gasteiger partial charge in [-0.3, -0.25) is 4.79 Å². The van der Waals surface area contributed by atoms with Crippen molar-refractivity contribution in [3.05, 3.63) is 35.9 Å². The number of carbonyl (C=O) groups is 2. The van der Waals surface area contributed by atoms with Gasteiger partial charge in [0.15, 0.2) is 6.10 Å². The first-order chi connectivity index (χ1) is 9.38. The number of carbonyl (C=O) groups excluding carboxylic acids is 2. The molecule has 0 spiro atoms. The van der Waals surface area contributed by atoms with Crippen LogP contribution in [-0.2, 0) is 14.3 Å². The van der Waals surface area contributed by atoms with Crippen molar-refractivity contribution in [3.63, 3.8) is 0 Å². The van der Waals surface area contributed by atoms with Gasteiger partial charge >= 0.3 is 12.6 Å². The third kappa shape index (κ3) is 5.47. The maximum Gasteiger partial charge on any atom is 0.387 e. The molecule has 20 heavy (non-hydrogen) atoms. The van der Waals surface area contributed by atoms with E-state index in [9.17, 15) is 18.4 Å². The summed E-state index contributed by atoms with van der Waals surface area (Å²) in [5.41, 5.74) is 5.51. The van der Waals surface area contributed by atoms with Crippen molar-refractivity contribution in [1.29, 1.82) is 0 Å². The molecule has 108 valence electrons. The molecule has 5 nitrogen and oxygen atoms in total. The molecule has 1 rings (SSSR count). The summed E-state index contributed by atoms with van der Waals surface area (Å²) in [5, 5.41) is 0. The molecule has 1 aromatic carbocycles. The molecule has 0 saturated carbocycles. The second-order valence-corrected chi connectivity index (χ2v) is 3.76. The summed E-state index contributed by atoms with van der Waals surface area (Å²) in [6.45, 7) is -1.54. The molecule has 0 aliphatic carbocycles. The highest BCUT2D eigenvalue weighted by molar-refractivity contribution is 5.89. The van der Waals surface area contributed by atoms with Crippen LogP contribution in [0.3, 0.4) is 0 Å². The van der Waals surface area contributed by atoms with Crippen LogP contribution >= 0.6 is 0 Å². The highest BCUT2D eigenvalue weighted by Crippen LogP contribution is 2.15. The Labute approximate surface area is 114 Å². The molecule has 1 atom stereocenters. The van der Waals surface area contributed by atoms with Crippen molar-refractivity contribution >= 4 is 18.0 Å². The molecule has 0 bridgehead atoms. The molecule has 0 aliphatic heterocycles. The minimum Gasteiger partial charge on any atom is -0.449 e. The van der Waals surface area contributed by atoms with Gasteiger partial charge in [0.05, 0.1) is 0 Å². The van der Waals surface area contributed by atoms with Crippen LogP contribution in [0.2, 0.25) is 0 Å². The van der Waals surface area contributed by atoms with Crippen molar-refractivity contribution in [2.45, 2.75) is 19.6 Å². The van der Waals surface area contributed by atoms with Gasteiger partial charge in [-0.15, -0.1) is 0 Å². The number of hydrogen-bond acceptors (Lipinski definition) is 4. The van der Waals surface area contributed by atoms with Gasteiger partial charge in [0.25, 0.3) is 5.91 Å². The van der Waals surface area contributed by atoms with E-state index in [1.165, 1.54) is 37.3 Å². The van der Waals surface area contributed by atoms with E-state index < -0.39 is 24.6 Å². The third-order valence-corrected chi connectivity index (χ3v) is 2.21. The SMILES string of the molecule is C[C@H](OC(=O)/C=C/c1ccc(OC(F)F)cc1)C(N)=O. The molecule has 2 N–H and O–H groups in total. The molecule has 0 unspecified atom stereocenters. The molecule has 1 amide bonds. The third-order valence-electron chi connectivity index (χ3n) is 2.21. The topological polar surface area (TPSA) is 78.6 Å². The average Bonchev–Trinajstić information content (AvgIpc) is 2.37. The Morgan fingerprint density at radius 1 is 1.25 bits per heavy atom. The van der Waals surface area contributed by atoms with Crippen LogP contribution in [-0.4, -0.2) is 24.6 Å². The van der Waals surface area contributed by atoms with Gasteiger partial charge in [0.1, 0.15) is 5.75 Å². The lowest BCUT2D eigenvalue weighted by molar-refractivity contribution is -0.148. The maximum absolute atomic E-state index is 11.9. The first-order valence-electron chi connectivity index (χ1n) is 5.61. The summed E-state index contributed by atoms with van der Waals surface area (Å²) in [6, 6.07) is 5.64. The van der Waals surface area contributed by atoms with Crippen LogP contribution in [0.1, 0.15) is 12.5 Å². The van der Waals surface area contributed by atoms with Gasteiger partial charge in [-0.05, 0) is 30.7 Å². The summed E-state index contributed by atoms with van der Waals surface area (Å²) >= 11 is 0. The van der Waals surface area contributed by atoms with E-state index in [-0.39, 0.29) is 5.75 Å². The number of nitrogens with two attached hydrogens (primary N) is 1. The smallest absolute Gasteiger partial charge is 0.387 e. The predicted molar refractivity (Wildman–Crippen MR) is 66.9 cm³/mol. The van der Waals surface area contributed by atoms with Crippen molar-refractivity contribution in [1.82, 2.24) is 0 Å². The Kier molecular flexibility index (Phi) is 5.64. The normalized spacial score (nSPS) is 12.4. The molecule has 0 radical (unpaired) electrons. The summed E-state index contributed by atoms with van der Waals surface area (Å²) in [5.74, 6) is -1.47. The monoisotopic (exact) mass is 285 g/mol. The van der Waals surface area contributed by atoms with E-state index in [2.05, 4.69) is 9.47 Å². The number of hydrogen-bond donors (Lipinski definition) is 1. The Hall–Kier alpha value is -2.44. The van der Waals surface area contributed by atoms with E-state index in [1.807, 2.05) is 0 Å². The molecule has 7 heteroatoms. The lowest BCUT2D eigenvalue weighted by Gasteiger charge is -2.06. The van der Waals surface area contributed by atoms with E-state index >= 15 is 0 Å². The number of halogens is 2. The molecular formula is C13H13F2NO4. The first-order valence-corrected chi connectivity index (χ1v) is 5.61. The molecular weight excluding hydrogens is 272 g/mol. The zero-order valence-electron chi connectivity index (χ0n) is 10.6. The van der Waals surface area contributed by atoms with Crippen molar-refractivity contribution < 1.29 is 27.8 Å². The largest absolute Gasteiger partial charge is 0.449 e. The van der Waals surface area contributed by atoms with Gasteiger partial charge in [-0.2, -0.15) is 8.78 Å². The van der Waals surface area contributed by atoms with Crippen LogP contribution in [0, 0.1) is 0 Å². The number of primary amides is 1. The molecule has 0 heterocycles. The fourth-order valence-electron chi connectivity index (χ4n) is 1.20. The quantitative estimate of drug-likeness (QED) is 0.637. The zero-order chi connectivity index (χ0) is 15.1. The maximum atomic E-state index is 11.9. The number of ether oxygens (including phenoxy) is 2. The molecule has 1 aromatic rings. The highest BCUT2D eigenvalue weighted by atomic mass is 19.3. The summed E-state index contributed by atoms with van der Waals surface area (Å²) in [7, 11) is 0. The van der Waals surface area contributed by atoms with Crippen molar-refractivity contribution in [2.75, 3.05) is 0 Å². The van der Waals surface area contributed by atoms with Crippen LogP contribution in [0.25, 0.3) is 6.08 Å². The minimum atomic E-state index is -2.89. The van der Waals surface area contributed by atoms with Gasteiger partial charge in [0, 0.05) is 6.08 Å². The van der Waals surface area contributed by atoms with Gasteiger partial charge in [0.2, 0.25) is 0 Å². The van der Waals surface area contributed by atoms with Crippen LogP contribution in [0.4, 0.5) is 8.78 Å². The van der Waals surface area contributed by atoms with Crippen molar-refractivity contribution in [3.8, 4) is 5.75 Å². The second-order valence-electron chi connectivity index (χ2n) is 3.76. The van der Waals surface area contributed by atoms with E-state index in [4.69, 9.17) is 5.73 Å². The molecule has 0 aromatic heterocycles. The minimum absolute atomic E-state index is 0.0158. The fourth-order valence-corrected chi connectivity index (χ4v) is 1.20. The standard InChI is InChI=1S/C13H13F2NO4/c1-8(12(16)18)19-11(17)7-4-9-2-5-10(6-3-9)20-13(14)15/h2-8,13H,1H3,(H2,16,18)/b7-4+/t8-/m0/s1. The molecule has 0 aliphatic rings. The van der Waals surface area contributed by atoms with Crippen LogP contribution < -0.4 is 10.5 Å². The van der Waals surface area contributed by atoms with E-state index in [0.29, 0.717) is 5.56 Å². The Morgan fingerprint density at radius 3 is 2.35 bits per heavy atom. The Balaban J connectivity index is 2.57. The number of rotatable bonds is 6. The summed E-state index contributed by atoms with van der Waals surface area (Å²) in [6.07, 6.45) is 1.49. The first kappa shape index (κ1) is 15.6. The predicted octanol–water partition coefficient (Wildman–Crippen LogP) is 1.72. The van der Waals surface area contributed by atoms with Crippen molar-refractivity contribution in [2.24, 2.45) is 5.73 Å². The Bertz CT molecular complexity index is 500. The fraction of sp³-hybridized carbons (Fsp3) is 0.231.